The summed E-state index contributed by atoms with van der Waals surface area (Å²) in [6.07, 6.45) is 0. The number of nitrogens with zero attached hydrogens (tertiary/aromatic N) is 1. The normalized spacial score (nSPS) is 23.6. The summed E-state index contributed by atoms with van der Waals surface area (Å²) in [7, 11) is 0. The molecule has 0 spiro atoms. The van der Waals surface area contributed by atoms with Crippen LogP contribution in [0, 0.1) is 5.92 Å². The lowest BCUT2D eigenvalue weighted by Gasteiger charge is -2.29. The van der Waals surface area contributed by atoms with Gasteiger partial charge in [0.15, 0.2) is 0 Å². The van der Waals surface area contributed by atoms with Crippen LogP contribution in [-0.4, -0.2) is 22.0 Å². The van der Waals surface area contributed by atoms with Crippen molar-refractivity contribution in [2.24, 2.45) is 5.92 Å². The van der Waals surface area contributed by atoms with Crippen molar-refractivity contribution < 1.29 is 9.59 Å². The number of anilines is 1. The molecule has 1 N–H and O–H groups in total. The van der Waals surface area contributed by atoms with E-state index in [0.717, 1.165) is 21.8 Å². The van der Waals surface area contributed by atoms with Crippen LogP contribution >= 0.6 is 34.7 Å². The second-order valence-corrected chi connectivity index (χ2v) is 9.25. The fourth-order valence-electron chi connectivity index (χ4n) is 3.88. The second-order valence-electron chi connectivity index (χ2n) is 6.65. The van der Waals surface area contributed by atoms with Crippen LogP contribution in [0.25, 0.3) is 0 Å². The first-order valence-corrected chi connectivity index (χ1v) is 10.7. The Morgan fingerprint density at radius 3 is 2.36 bits per heavy atom. The van der Waals surface area contributed by atoms with E-state index in [1.807, 2.05) is 30.3 Å². The maximum atomic E-state index is 13.4. The molecule has 1 saturated heterocycles. The van der Waals surface area contributed by atoms with E-state index in [1.54, 1.807) is 24.3 Å². The Morgan fingerprint density at radius 1 is 0.929 bits per heavy atom. The average molecular weight is 429 g/mol. The summed E-state index contributed by atoms with van der Waals surface area (Å²) in [5, 5.41) is 0.645. The van der Waals surface area contributed by atoms with E-state index in [1.165, 1.54) is 16.7 Å². The molecule has 3 aromatic rings. The van der Waals surface area contributed by atoms with Crippen LogP contribution in [0.4, 0.5) is 5.69 Å². The van der Waals surface area contributed by atoms with Gasteiger partial charge in [-0.3, -0.25) is 14.4 Å². The van der Waals surface area contributed by atoms with Crippen molar-refractivity contribution in [1.29, 1.82) is 0 Å². The second kappa shape index (κ2) is 6.62. The van der Waals surface area contributed by atoms with E-state index < -0.39 is 11.2 Å². The van der Waals surface area contributed by atoms with Gasteiger partial charge in [0.1, 0.15) is 5.25 Å². The predicted molar refractivity (Wildman–Crippen MR) is 110 cm³/mol. The Bertz CT molecular complexity index is 1140. The summed E-state index contributed by atoms with van der Waals surface area (Å²) < 4.78 is 0. The Morgan fingerprint density at radius 2 is 1.64 bits per heavy atom. The topological polar surface area (TPSA) is 70.2 Å². The van der Waals surface area contributed by atoms with Gasteiger partial charge in [-0.05, 0) is 29.8 Å². The zero-order valence-electron chi connectivity index (χ0n) is 14.3. The van der Waals surface area contributed by atoms with Crippen LogP contribution < -0.4 is 9.77 Å². The molecule has 2 aromatic carbocycles. The van der Waals surface area contributed by atoms with Gasteiger partial charge in [-0.25, -0.2) is 4.90 Å². The molecule has 0 saturated carbocycles. The highest BCUT2D eigenvalue weighted by molar-refractivity contribution is 8.00. The van der Waals surface area contributed by atoms with E-state index in [0.29, 0.717) is 15.7 Å². The van der Waals surface area contributed by atoms with Crippen molar-refractivity contribution in [3.63, 3.8) is 0 Å². The highest BCUT2D eigenvalue weighted by Gasteiger charge is 2.56. The molecule has 0 aliphatic carbocycles. The van der Waals surface area contributed by atoms with Crippen LogP contribution in [0.15, 0.2) is 64.4 Å². The number of hydrogen-bond acceptors (Lipinski definition) is 5. The minimum Gasteiger partial charge on any atom is -0.307 e. The van der Waals surface area contributed by atoms with Crippen LogP contribution in [0.3, 0.4) is 0 Å². The van der Waals surface area contributed by atoms with Gasteiger partial charge in [0.2, 0.25) is 11.8 Å². The third-order valence-electron chi connectivity index (χ3n) is 5.07. The molecule has 1 aromatic heterocycles. The molecule has 0 radical (unpaired) electrons. The lowest BCUT2D eigenvalue weighted by molar-refractivity contribution is -0.122. The van der Waals surface area contributed by atoms with Crippen molar-refractivity contribution in [2.75, 3.05) is 4.90 Å². The Kier molecular flexibility index (Phi) is 4.19. The number of rotatable bonds is 2. The number of aromatic amines is 1. The quantitative estimate of drug-likeness (QED) is 0.629. The predicted octanol–water partition coefficient (Wildman–Crippen LogP) is 3.89. The van der Waals surface area contributed by atoms with Crippen LogP contribution in [0.2, 0.25) is 5.02 Å². The van der Waals surface area contributed by atoms with Crippen molar-refractivity contribution in [1.82, 2.24) is 4.98 Å². The summed E-state index contributed by atoms with van der Waals surface area (Å²) in [5.74, 6) is -1.40. The minimum absolute atomic E-state index is 0.173. The van der Waals surface area contributed by atoms with Gasteiger partial charge in [-0.1, -0.05) is 65.0 Å². The van der Waals surface area contributed by atoms with E-state index in [4.69, 9.17) is 11.6 Å². The summed E-state index contributed by atoms with van der Waals surface area (Å²) >= 11 is 8.34. The molecule has 28 heavy (non-hydrogen) atoms. The van der Waals surface area contributed by atoms with Crippen molar-refractivity contribution >= 4 is 52.2 Å². The number of thioether (sulfide) groups is 1. The Labute approximate surface area is 173 Å². The lowest BCUT2D eigenvalue weighted by atomic mass is 9.83. The fourth-order valence-corrected chi connectivity index (χ4v) is 6.52. The molecule has 2 aliphatic rings. The number of halogens is 1. The number of thiazole rings is 1. The molecule has 3 atom stereocenters. The maximum absolute atomic E-state index is 13.4. The summed E-state index contributed by atoms with van der Waals surface area (Å²) in [5.41, 5.74) is 1.44. The number of imide groups is 1. The van der Waals surface area contributed by atoms with Crippen molar-refractivity contribution in [3.8, 4) is 0 Å². The van der Waals surface area contributed by atoms with Gasteiger partial charge < -0.3 is 4.98 Å². The van der Waals surface area contributed by atoms with Crippen LogP contribution in [0.5, 0.6) is 0 Å². The monoisotopic (exact) mass is 428 g/mol. The minimum atomic E-state index is -0.578. The van der Waals surface area contributed by atoms with Crippen molar-refractivity contribution in [3.05, 3.63) is 79.7 Å². The molecule has 0 bridgehead atoms. The van der Waals surface area contributed by atoms with Gasteiger partial charge in [-0.15, -0.1) is 0 Å². The highest BCUT2D eigenvalue weighted by atomic mass is 35.5. The SMILES string of the molecule is O=C1[C@@H]2[C@@H](c3ccccc3)c3sc(=O)[nH]c3S[C@@H]2C(=O)N1c1ccc(Cl)cc1. The molecule has 5 nitrogen and oxygen atoms in total. The van der Waals surface area contributed by atoms with Gasteiger partial charge in [-0.2, -0.15) is 0 Å². The van der Waals surface area contributed by atoms with E-state index >= 15 is 0 Å². The number of fused-ring (bicyclic) bond motifs is 2. The highest BCUT2D eigenvalue weighted by Crippen LogP contribution is 2.53. The van der Waals surface area contributed by atoms with Gasteiger partial charge >= 0.3 is 4.87 Å². The first-order chi connectivity index (χ1) is 13.5. The zero-order valence-corrected chi connectivity index (χ0v) is 16.7. The molecule has 1 fully saturated rings. The number of amides is 2. The first kappa shape index (κ1) is 17.7. The Hall–Kier alpha value is -2.35. The summed E-state index contributed by atoms with van der Waals surface area (Å²) in [6.45, 7) is 0. The number of benzene rings is 2. The number of carbonyl (C=O) groups excluding carboxylic acids is 2. The van der Waals surface area contributed by atoms with Gasteiger partial charge in [0, 0.05) is 15.8 Å². The number of aromatic nitrogens is 1. The zero-order chi connectivity index (χ0) is 19.4. The summed E-state index contributed by atoms with van der Waals surface area (Å²) in [6, 6.07) is 16.3. The number of carbonyl (C=O) groups is 2. The van der Waals surface area contributed by atoms with E-state index in [2.05, 4.69) is 4.98 Å². The summed E-state index contributed by atoms with van der Waals surface area (Å²) in [4.78, 5) is 43.3. The standard InChI is InChI=1S/C20H13ClN2O3S2/c21-11-6-8-12(9-7-11)23-18(24)14-13(10-4-2-1-3-5-10)15-17(22-20(26)28-15)27-16(14)19(23)25/h1-9,13-14,16H,(H,22,26)/t13-,14-,16+/m1/s1. The average Bonchev–Trinajstić information content (AvgIpc) is 3.18. The van der Waals surface area contributed by atoms with Crippen molar-refractivity contribution in [2.45, 2.75) is 16.2 Å². The molecule has 8 heteroatoms. The fraction of sp³-hybridized carbons (Fsp3) is 0.150. The van der Waals surface area contributed by atoms with E-state index in [9.17, 15) is 14.4 Å². The maximum Gasteiger partial charge on any atom is 0.305 e. The van der Waals surface area contributed by atoms with Gasteiger partial charge in [0.25, 0.3) is 0 Å². The smallest absolute Gasteiger partial charge is 0.305 e. The van der Waals surface area contributed by atoms with Crippen LogP contribution in [0.1, 0.15) is 16.4 Å². The number of nitrogens with one attached hydrogen (secondary N) is 1. The molecule has 5 rings (SSSR count). The molecule has 2 aliphatic heterocycles. The Balaban J connectivity index is 1.65. The molecule has 3 heterocycles. The largest absolute Gasteiger partial charge is 0.307 e. The van der Waals surface area contributed by atoms with Gasteiger partial charge in [0.05, 0.1) is 16.6 Å². The molecule has 2 amide bonds. The van der Waals surface area contributed by atoms with Crippen LogP contribution in [-0.2, 0) is 9.59 Å². The first-order valence-electron chi connectivity index (χ1n) is 8.62. The third-order valence-corrected chi connectivity index (χ3v) is 7.72. The lowest BCUT2D eigenvalue weighted by Crippen LogP contribution is -2.32. The number of hydrogen-bond donors (Lipinski definition) is 1. The van der Waals surface area contributed by atoms with E-state index in [-0.39, 0.29) is 22.6 Å². The molecule has 140 valence electrons. The molecule has 0 unspecified atom stereocenters. The third kappa shape index (κ3) is 2.65. The molecular formula is C20H13ClN2O3S2. The number of H-pyrrole nitrogens is 1. The molecular weight excluding hydrogens is 416 g/mol.